The van der Waals surface area contributed by atoms with Gasteiger partial charge < -0.3 is 20.0 Å². The molecule has 2 N–H and O–H groups in total. The van der Waals surface area contributed by atoms with E-state index in [-0.39, 0.29) is 29.4 Å². The number of benzene rings is 1. The molecule has 0 radical (unpaired) electrons. The monoisotopic (exact) mass is 346 g/mol. The van der Waals surface area contributed by atoms with E-state index in [9.17, 15) is 19.8 Å². The minimum absolute atomic E-state index is 0.0551. The van der Waals surface area contributed by atoms with Crippen LogP contribution in [-0.4, -0.2) is 58.9 Å². The third-order valence-corrected chi connectivity index (χ3v) is 4.17. The highest BCUT2D eigenvalue weighted by atomic mass is 16.3. The van der Waals surface area contributed by atoms with Crippen molar-refractivity contribution in [1.82, 2.24) is 9.80 Å². The number of rotatable bonds is 7. The first-order valence-corrected chi connectivity index (χ1v) is 8.43. The van der Waals surface area contributed by atoms with Gasteiger partial charge in [-0.05, 0) is 37.7 Å². The van der Waals surface area contributed by atoms with Crippen LogP contribution in [0, 0.1) is 5.92 Å². The Morgan fingerprint density at radius 3 is 2.52 bits per heavy atom. The number of phenolic OH excluding ortho intramolecular Hbond substituents is 1. The van der Waals surface area contributed by atoms with Crippen LogP contribution in [0.5, 0.6) is 5.75 Å². The summed E-state index contributed by atoms with van der Waals surface area (Å²) in [6, 6.07) is 5.80. The molecule has 1 aliphatic heterocycles. The predicted molar refractivity (Wildman–Crippen MR) is 95.2 cm³/mol. The van der Waals surface area contributed by atoms with Crippen molar-refractivity contribution in [1.29, 1.82) is 0 Å². The van der Waals surface area contributed by atoms with E-state index in [1.165, 1.54) is 17.0 Å². The van der Waals surface area contributed by atoms with Crippen molar-refractivity contribution in [3.63, 3.8) is 0 Å². The molecular weight excluding hydrogens is 320 g/mol. The summed E-state index contributed by atoms with van der Waals surface area (Å²) >= 11 is 0. The topological polar surface area (TPSA) is 81.1 Å². The fourth-order valence-electron chi connectivity index (χ4n) is 3.00. The summed E-state index contributed by atoms with van der Waals surface area (Å²) in [5.41, 5.74) is 0.742. The molecule has 0 aromatic heterocycles. The number of carbonyl (C=O) groups excluding carboxylic acids is 2. The van der Waals surface area contributed by atoms with Gasteiger partial charge in [0.1, 0.15) is 5.75 Å². The van der Waals surface area contributed by atoms with Crippen molar-refractivity contribution < 1.29 is 19.8 Å². The van der Waals surface area contributed by atoms with Gasteiger partial charge in [-0.25, -0.2) is 0 Å². The van der Waals surface area contributed by atoms with Gasteiger partial charge in [0.25, 0.3) is 5.91 Å². The lowest BCUT2D eigenvalue weighted by Crippen LogP contribution is -2.36. The Balaban J connectivity index is 2.46. The van der Waals surface area contributed by atoms with Gasteiger partial charge >= 0.3 is 0 Å². The van der Waals surface area contributed by atoms with Gasteiger partial charge in [0.2, 0.25) is 0 Å². The van der Waals surface area contributed by atoms with E-state index in [0.29, 0.717) is 18.7 Å². The lowest BCUT2D eigenvalue weighted by atomic mass is 9.92. The summed E-state index contributed by atoms with van der Waals surface area (Å²) in [5, 5.41) is 20.2. The smallest absolute Gasteiger partial charge is 0.290 e. The molecule has 1 amide bonds. The van der Waals surface area contributed by atoms with Crippen LogP contribution in [-0.2, 0) is 9.59 Å². The van der Waals surface area contributed by atoms with E-state index in [4.69, 9.17) is 0 Å². The Hall–Kier alpha value is -2.34. The predicted octanol–water partition coefficient (Wildman–Crippen LogP) is 2.26. The molecule has 0 bridgehead atoms. The second-order valence-corrected chi connectivity index (χ2v) is 7.08. The van der Waals surface area contributed by atoms with Crippen LogP contribution in [0.4, 0.5) is 0 Å². The second kappa shape index (κ2) is 7.70. The SMILES string of the molecule is CC(C)CC(=O)C1=C(O)C(=O)N(CCN(C)C)C1c1cccc(O)c1. The van der Waals surface area contributed by atoms with Gasteiger partial charge in [-0.2, -0.15) is 0 Å². The van der Waals surface area contributed by atoms with Gasteiger partial charge in [0, 0.05) is 19.5 Å². The molecule has 2 rings (SSSR count). The molecule has 1 aromatic rings. The quantitative estimate of drug-likeness (QED) is 0.791. The number of hydrogen-bond acceptors (Lipinski definition) is 5. The standard InChI is InChI=1S/C19H26N2O4/c1-12(2)10-15(23)16-17(13-6-5-7-14(22)11-13)21(9-8-20(3)4)19(25)18(16)24/h5-7,11-12,17,22,24H,8-10H2,1-4H3. The highest BCUT2D eigenvalue weighted by molar-refractivity contribution is 6.09. The molecule has 0 saturated carbocycles. The maximum Gasteiger partial charge on any atom is 0.290 e. The number of aromatic hydroxyl groups is 1. The summed E-state index contributed by atoms with van der Waals surface area (Å²) in [6.07, 6.45) is 0.253. The fraction of sp³-hybridized carbons (Fsp3) is 0.474. The molecular formula is C19H26N2O4. The average Bonchev–Trinajstić information content (AvgIpc) is 2.76. The van der Waals surface area contributed by atoms with E-state index in [0.717, 1.165) is 0 Å². The second-order valence-electron chi connectivity index (χ2n) is 7.08. The Labute approximate surface area is 148 Å². The zero-order chi connectivity index (χ0) is 18.7. The number of aliphatic hydroxyl groups is 1. The van der Waals surface area contributed by atoms with Crippen LogP contribution in [0.3, 0.4) is 0 Å². The molecule has 0 saturated heterocycles. The van der Waals surface area contributed by atoms with Gasteiger partial charge in [-0.15, -0.1) is 0 Å². The summed E-state index contributed by atoms with van der Waals surface area (Å²) in [6.45, 7) is 4.80. The van der Waals surface area contributed by atoms with Crippen LogP contribution >= 0.6 is 0 Å². The van der Waals surface area contributed by atoms with E-state index < -0.39 is 17.7 Å². The Morgan fingerprint density at radius 1 is 1.28 bits per heavy atom. The van der Waals surface area contributed by atoms with E-state index in [1.807, 2.05) is 32.8 Å². The van der Waals surface area contributed by atoms with Gasteiger partial charge in [-0.1, -0.05) is 26.0 Å². The summed E-state index contributed by atoms with van der Waals surface area (Å²) in [5.74, 6) is -1.08. The third-order valence-electron chi connectivity index (χ3n) is 4.17. The summed E-state index contributed by atoms with van der Waals surface area (Å²) in [4.78, 5) is 28.7. The number of nitrogens with zero attached hydrogens (tertiary/aromatic N) is 2. The van der Waals surface area contributed by atoms with E-state index in [1.54, 1.807) is 12.1 Å². The highest BCUT2D eigenvalue weighted by Gasteiger charge is 2.43. The molecule has 6 heteroatoms. The number of carbonyl (C=O) groups is 2. The molecule has 1 aromatic carbocycles. The number of ketones is 1. The van der Waals surface area contributed by atoms with Gasteiger partial charge in [0.15, 0.2) is 11.5 Å². The number of likely N-dealkylation sites (N-methyl/N-ethyl adjacent to an activating group) is 1. The molecule has 0 spiro atoms. The molecule has 0 aliphatic carbocycles. The van der Waals surface area contributed by atoms with Crippen molar-refractivity contribution in [2.75, 3.05) is 27.2 Å². The molecule has 1 atom stereocenters. The van der Waals surface area contributed by atoms with Crippen LogP contribution in [0.1, 0.15) is 31.9 Å². The average molecular weight is 346 g/mol. The number of hydrogen-bond donors (Lipinski definition) is 2. The summed E-state index contributed by atoms with van der Waals surface area (Å²) < 4.78 is 0. The first-order valence-electron chi connectivity index (χ1n) is 8.43. The zero-order valence-electron chi connectivity index (χ0n) is 15.2. The molecule has 1 aliphatic rings. The molecule has 6 nitrogen and oxygen atoms in total. The Bertz CT molecular complexity index is 694. The number of aliphatic hydroxyl groups excluding tert-OH is 1. The van der Waals surface area contributed by atoms with Gasteiger partial charge in [-0.3, -0.25) is 9.59 Å². The van der Waals surface area contributed by atoms with Crippen molar-refractivity contribution in [3.05, 3.63) is 41.2 Å². The van der Waals surface area contributed by atoms with E-state index >= 15 is 0 Å². The lowest BCUT2D eigenvalue weighted by Gasteiger charge is -2.28. The Morgan fingerprint density at radius 2 is 1.96 bits per heavy atom. The van der Waals surface area contributed by atoms with Crippen LogP contribution < -0.4 is 0 Å². The highest BCUT2D eigenvalue weighted by Crippen LogP contribution is 2.39. The van der Waals surface area contributed by atoms with Crippen molar-refractivity contribution in [2.24, 2.45) is 5.92 Å². The maximum atomic E-state index is 12.7. The normalized spacial score (nSPS) is 17.9. The molecule has 25 heavy (non-hydrogen) atoms. The lowest BCUT2D eigenvalue weighted by molar-refractivity contribution is -0.129. The third kappa shape index (κ3) is 4.20. The molecule has 1 heterocycles. The summed E-state index contributed by atoms with van der Waals surface area (Å²) in [7, 11) is 3.78. The first kappa shape index (κ1) is 19.0. The number of amides is 1. The molecule has 136 valence electrons. The first-order chi connectivity index (χ1) is 11.7. The van der Waals surface area contributed by atoms with E-state index in [2.05, 4.69) is 0 Å². The minimum Gasteiger partial charge on any atom is -0.508 e. The Kier molecular flexibility index (Phi) is 5.85. The number of Topliss-reactive ketones (excluding diaryl/α,β-unsaturated/α-hetero) is 1. The molecule has 0 fully saturated rings. The largest absolute Gasteiger partial charge is 0.508 e. The molecule has 1 unspecified atom stereocenters. The van der Waals surface area contributed by atoms with Crippen molar-refractivity contribution in [2.45, 2.75) is 26.3 Å². The maximum absolute atomic E-state index is 12.7. The van der Waals surface area contributed by atoms with Crippen LogP contribution in [0.15, 0.2) is 35.6 Å². The fourth-order valence-corrected chi connectivity index (χ4v) is 3.00. The zero-order valence-corrected chi connectivity index (χ0v) is 15.2. The van der Waals surface area contributed by atoms with Crippen LogP contribution in [0.25, 0.3) is 0 Å². The van der Waals surface area contributed by atoms with Crippen molar-refractivity contribution >= 4 is 11.7 Å². The van der Waals surface area contributed by atoms with Crippen molar-refractivity contribution in [3.8, 4) is 5.75 Å². The number of phenols is 1. The van der Waals surface area contributed by atoms with Gasteiger partial charge in [0.05, 0.1) is 11.6 Å². The minimum atomic E-state index is -0.675. The van der Waals surface area contributed by atoms with Crippen LogP contribution in [0.2, 0.25) is 0 Å².